The smallest absolute Gasteiger partial charge is 0.226 e. The Morgan fingerprint density at radius 3 is 2.74 bits per heavy atom. The molecule has 0 radical (unpaired) electrons. The summed E-state index contributed by atoms with van der Waals surface area (Å²) in [6.45, 7) is 5.44. The van der Waals surface area contributed by atoms with Crippen molar-refractivity contribution in [2.75, 3.05) is 31.7 Å². The molecule has 5 nitrogen and oxygen atoms in total. The van der Waals surface area contributed by atoms with Gasteiger partial charge >= 0.3 is 0 Å². The van der Waals surface area contributed by atoms with E-state index in [1.165, 1.54) is 11.8 Å². The van der Waals surface area contributed by atoms with Gasteiger partial charge in [0.15, 0.2) is 4.93 Å². The molecule has 7 heteroatoms. The monoisotopic (exact) mass is 493 g/mol. The van der Waals surface area contributed by atoms with Crippen molar-refractivity contribution in [1.82, 2.24) is 4.90 Å². The first-order valence-corrected chi connectivity index (χ1v) is 13.3. The highest BCUT2D eigenvalue weighted by Crippen LogP contribution is 2.39. The third-order valence-electron chi connectivity index (χ3n) is 5.69. The van der Waals surface area contributed by atoms with Crippen LogP contribution in [0.5, 0.6) is 0 Å². The molecule has 1 aromatic heterocycles. The van der Waals surface area contributed by atoms with Crippen molar-refractivity contribution in [3.8, 4) is 0 Å². The van der Waals surface area contributed by atoms with Gasteiger partial charge in [-0.15, -0.1) is 30.1 Å². The van der Waals surface area contributed by atoms with Gasteiger partial charge in [-0.25, -0.2) is 0 Å². The fourth-order valence-corrected chi connectivity index (χ4v) is 5.66. The van der Waals surface area contributed by atoms with Gasteiger partial charge < -0.3 is 14.1 Å². The van der Waals surface area contributed by atoms with Gasteiger partial charge in [-0.05, 0) is 30.0 Å². The Balaban J connectivity index is 0.000000165. The molecular formula is C27H27NO4S2. The number of para-hydroxylation sites is 1. The summed E-state index contributed by atoms with van der Waals surface area (Å²) < 4.78 is 11.7. The molecule has 0 N–H and O–H groups in total. The van der Waals surface area contributed by atoms with E-state index in [0.717, 1.165) is 16.2 Å². The van der Waals surface area contributed by atoms with Crippen LogP contribution in [0.1, 0.15) is 17.7 Å². The maximum absolute atomic E-state index is 12.1. The standard InChI is InChI=1S/C15H19NO2S.C12H8O2S/c1-3-7-14(17)16-10-11-18-15(12-16,19-2)13-8-5-4-6-9-13;13-11-8-4-1-2-5-9(8)14-10-6-3-7-15-12(10)11/h3-6,8-9H,1,7,10-12H2,2H3;1-6H,7H2. The van der Waals surface area contributed by atoms with E-state index in [0.29, 0.717) is 42.8 Å². The van der Waals surface area contributed by atoms with E-state index in [1.807, 2.05) is 59.7 Å². The third kappa shape index (κ3) is 5.17. The molecule has 0 aliphatic carbocycles. The molecule has 2 aliphatic rings. The fraction of sp³-hybridized carbons (Fsp3) is 0.259. The summed E-state index contributed by atoms with van der Waals surface area (Å²) in [7, 11) is 0. The number of hydrogen-bond acceptors (Lipinski definition) is 6. The molecule has 0 bridgehead atoms. The fourth-order valence-electron chi connectivity index (χ4n) is 3.95. The van der Waals surface area contributed by atoms with Crippen molar-refractivity contribution in [1.29, 1.82) is 0 Å². The Bertz CT molecular complexity index is 1250. The number of hydrogen-bond donors (Lipinski definition) is 0. The molecule has 3 aromatic rings. The van der Waals surface area contributed by atoms with E-state index >= 15 is 0 Å². The number of carbonyl (C=O) groups excluding carboxylic acids is 1. The number of benzene rings is 2. The highest BCUT2D eigenvalue weighted by molar-refractivity contribution is 7.99. The zero-order valence-corrected chi connectivity index (χ0v) is 20.7. The maximum atomic E-state index is 12.1. The number of amides is 1. The summed E-state index contributed by atoms with van der Waals surface area (Å²) in [4.78, 5) is 26.2. The van der Waals surface area contributed by atoms with Crippen LogP contribution in [0, 0.1) is 0 Å². The van der Waals surface area contributed by atoms with Crippen LogP contribution in [-0.2, 0) is 14.5 Å². The van der Waals surface area contributed by atoms with Crippen LogP contribution in [0.4, 0.5) is 0 Å². The van der Waals surface area contributed by atoms with Gasteiger partial charge in [-0.3, -0.25) is 9.59 Å². The second-order valence-electron chi connectivity index (χ2n) is 7.81. The van der Waals surface area contributed by atoms with Crippen molar-refractivity contribution in [2.45, 2.75) is 16.2 Å². The van der Waals surface area contributed by atoms with Crippen LogP contribution in [0.3, 0.4) is 0 Å². The van der Waals surface area contributed by atoms with Crippen LogP contribution < -0.4 is 5.43 Å². The van der Waals surface area contributed by atoms with Gasteiger partial charge in [0.05, 0.1) is 23.4 Å². The molecule has 1 amide bonds. The quantitative estimate of drug-likeness (QED) is 0.444. The normalized spacial score (nSPS) is 19.1. The molecule has 2 aliphatic heterocycles. The highest BCUT2D eigenvalue weighted by atomic mass is 32.2. The van der Waals surface area contributed by atoms with E-state index in [4.69, 9.17) is 9.15 Å². The van der Waals surface area contributed by atoms with Gasteiger partial charge in [0.2, 0.25) is 11.3 Å². The number of ether oxygens (including phenoxy) is 1. The third-order valence-corrected chi connectivity index (χ3v) is 7.86. The summed E-state index contributed by atoms with van der Waals surface area (Å²) in [5, 5.41) is 0.666. The minimum Gasteiger partial charge on any atom is -0.455 e. The summed E-state index contributed by atoms with van der Waals surface area (Å²) in [5.41, 5.74) is 1.85. The van der Waals surface area contributed by atoms with Gasteiger partial charge in [0.1, 0.15) is 11.3 Å². The summed E-state index contributed by atoms with van der Waals surface area (Å²) >= 11 is 3.18. The number of carbonyl (C=O) groups is 1. The minimum atomic E-state index is -0.448. The molecule has 1 unspecified atom stereocenters. The lowest BCUT2D eigenvalue weighted by Crippen LogP contribution is -2.50. The van der Waals surface area contributed by atoms with Crippen molar-refractivity contribution < 1.29 is 13.9 Å². The lowest BCUT2D eigenvalue weighted by atomic mass is 10.1. The van der Waals surface area contributed by atoms with E-state index in [-0.39, 0.29) is 11.3 Å². The van der Waals surface area contributed by atoms with Gasteiger partial charge in [0.25, 0.3) is 0 Å². The van der Waals surface area contributed by atoms with Gasteiger partial charge in [-0.1, -0.05) is 54.6 Å². The lowest BCUT2D eigenvalue weighted by Gasteiger charge is -2.42. The van der Waals surface area contributed by atoms with Crippen molar-refractivity contribution in [2.24, 2.45) is 0 Å². The van der Waals surface area contributed by atoms with E-state index < -0.39 is 4.93 Å². The van der Waals surface area contributed by atoms with Gasteiger partial charge in [-0.2, -0.15) is 0 Å². The first kappa shape index (κ1) is 24.4. The summed E-state index contributed by atoms with van der Waals surface area (Å²) in [5.74, 6) is 1.65. The summed E-state index contributed by atoms with van der Waals surface area (Å²) in [6.07, 6.45) is 7.94. The first-order chi connectivity index (χ1) is 16.6. The Morgan fingerprint density at radius 2 is 1.97 bits per heavy atom. The van der Waals surface area contributed by atoms with Crippen LogP contribution in [0.15, 0.2) is 87.4 Å². The molecule has 176 valence electrons. The zero-order valence-electron chi connectivity index (χ0n) is 19.1. The number of nitrogens with zero attached hydrogens (tertiary/aromatic N) is 1. The number of rotatable bonds is 4. The highest BCUT2D eigenvalue weighted by Gasteiger charge is 2.39. The average molecular weight is 494 g/mol. The van der Waals surface area contributed by atoms with Crippen LogP contribution in [-0.4, -0.2) is 42.5 Å². The molecule has 5 rings (SSSR count). The zero-order chi connectivity index (χ0) is 24.0. The van der Waals surface area contributed by atoms with Crippen LogP contribution >= 0.6 is 23.5 Å². The van der Waals surface area contributed by atoms with E-state index in [9.17, 15) is 9.59 Å². The van der Waals surface area contributed by atoms with Gasteiger partial charge in [0, 0.05) is 18.7 Å². The SMILES string of the molecule is C=CCC(=O)N1CCOC(SC)(c2ccccc2)C1.O=c1c2c(oc3ccccc13)C=CCS2. The molecule has 1 fully saturated rings. The van der Waals surface area contributed by atoms with Crippen molar-refractivity contribution >= 4 is 46.5 Å². The molecule has 2 aromatic carbocycles. The second-order valence-corrected chi connectivity index (χ2v) is 9.91. The molecule has 34 heavy (non-hydrogen) atoms. The van der Waals surface area contributed by atoms with Crippen molar-refractivity contribution in [3.63, 3.8) is 0 Å². The molecule has 1 saturated heterocycles. The minimum absolute atomic E-state index is 0.0844. The lowest BCUT2D eigenvalue weighted by molar-refractivity contribution is -0.140. The summed E-state index contributed by atoms with van der Waals surface area (Å²) in [6, 6.07) is 17.5. The van der Waals surface area contributed by atoms with Crippen LogP contribution in [0.2, 0.25) is 0 Å². The Morgan fingerprint density at radius 1 is 1.21 bits per heavy atom. The first-order valence-electron chi connectivity index (χ1n) is 11.1. The Kier molecular flexibility index (Phi) is 7.98. The largest absolute Gasteiger partial charge is 0.455 e. The molecule has 3 heterocycles. The maximum Gasteiger partial charge on any atom is 0.226 e. The average Bonchev–Trinajstić information content (AvgIpc) is 2.90. The second kappa shape index (κ2) is 11.1. The Labute approximate surface area is 207 Å². The van der Waals surface area contributed by atoms with Crippen molar-refractivity contribution in [3.05, 3.63) is 94.9 Å². The molecule has 0 spiro atoms. The number of morpholine rings is 1. The number of fused-ring (bicyclic) bond motifs is 2. The van der Waals surface area contributed by atoms with Crippen LogP contribution in [0.25, 0.3) is 17.0 Å². The predicted octanol–water partition coefficient (Wildman–Crippen LogP) is 5.55. The number of thioether (sulfide) groups is 2. The molecule has 1 atom stereocenters. The Hall–Kier alpha value is -2.74. The van der Waals surface area contributed by atoms with E-state index in [2.05, 4.69) is 18.7 Å². The molecular weight excluding hydrogens is 466 g/mol. The van der Waals surface area contributed by atoms with E-state index in [1.54, 1.807) is 23.9 Å². The predicted molar refractivity (Wildman–Crippen MR) is 141 cm³/mol. The topological polar surface area (TPSA) is 59.8 Å². The molecule has 0 saturated carbocycles.